The molecule has 0 N–H and O–H groups in total. The topological polar surface area (TPSA) is 11.4 Å². The first-order valence-corrected chi connectivity index (χ1v) is 21.6. The predicted molar refractivity (Wildman–Crippen MR) is 268 cm³/mol. The third-order valence-electron chi connectivity index (χ3n) is 12.5. The third-order valence-corrected chi connectivity index (χ3v) is 12.5. The van der Waals surface area contributed by atoms with Gasteiger partial charge in [-0.1, -0.05) is 158 Å². The van der Waals surface area contributed by atoms with E-state index in [4.69, 9.17) is 0 Å². The molecule has 0 amide bonds. The van der Waals surface area contributed by atoms with E-state index in [0.717, 1.165) is 39.8 Å². The van der Waals surface area contributed by atoms with Crippen LogP contribution in [0, 0.1) is 0 Å². The van der Waals surface area contributed by atoms with Gasteiger partial charge < -0.3 is 14.4 Å². The summed E-state index contributed by atoms with van der Waals surface area (Å²) in [6.07, 6.45) is 0. The lowest BCUT2D eigenvalue weighted by molar-refractivity contribution is 1.17. The van der Waals surface area contributed by atoms with Crippen molar-refractivity contribution < 1.29 is 0 Å². The summed E-state index contributed by atoms with van der Waals surface area (Å²) in [5, 5.41) is 9.73. The molecule has 0 atom stereocenters. The van der Waals surface area contributed by atoms with Crippen molar-refractivity contribution in [3.05, 3.63) is 249 Å². The number of rotatable bonds is 8. The number of hydrogen-bond donors (Lipinski definition) is 0. The first-order chi connectivity index (χ1) is 31.3. The highest BCUT2D eigenvalue weighted by molar-refractivity contribution is 6.16. The van der Waals surface area contributed by atoms with Crippen molar-refractivity contribution in [3.63, 3.8) is 0 Å². The van der Waals surface area contributed by atoms with Crippen molar-refractivity contribution in [1.29, 1.82) is 0 Å². The molecule has 3 nitrogen and oxygen atoms in total. The van der Waals surface area contributed by atoms with Crippen LogP contribution in [0.25, 0.3) is 70.9 Å². The summed E-state index contributed by atoms with van der Waals surface area (Å²) >= 11 is 0. The van der Waals surface area contributed by atoms with Gasteiger partial charge in [0.1, 0.15) is 0 Å². The Kier molecular flexibility index (Phi) is 8.83. The maximum atomic E-state index is 2.42. The quantitative estimate of drug-likeness (QED) is 0.142. The van der Waals surface area contributed by atoms with Gasteiger partial charge in [0.05, 0.1) is 22.4 Å². The summed E-state index contributed by atoms with van der Waals surface area (Å²) in [4.78, 5) is 4.79. The lowest BCUT2D eigenvalue weighted by Gasteiger charge is -2.27. The van der Waals surface area contributed by atoms with Crippen molar-refractivity contribution in [1.82, 2.24) is 4.57 Å². The highest BCUT2D eigenvalue weighted by Crippen LogP contribution is 2.46. The Morgan fingerprint density at radius 3 is 1.52 bits per heavy atom. The van der Waals surface area contributed by atoms with E-state index >= 15 is 0 Å². The lowest BCUT2D eigenvalue weighted by atomic mass is 9.94. The summed E-state index contributed by atoms with van der Waals surface area (Å²) in [6.45, 7) is 0. The zero-order chi connectivity index (χ0) is 41.7. The highest BCUT2D eigenvalue weighted by Gasteiger charge is 2.22. The molecule has 1 aromatic heterocycles. The maximum Gasteiger partial charge on any atom is 0.0782 e. The predicted octanol–water partition coefficient (Wildman–Crippen LogP) is 16.8. The van der Waals surface area contributed by atoms with Gasteiger partial charge in [0.2, 0.25) is 0 Å². The van der Waals surface area contributed by atoms with E-state index in [1.54, 1.807) is 0 Å². The highest BCUT2D eigenvalue weighted by atomic mass is 15.2. The number of anilines is 6. The molecule has 0 fully saturated rings. The minimum Gasteiger partial charge on any atom is -0.310 e. The van der Waals surface area contributed by atoms with Crippen LogP contribution in [0.4, 0.5) is 34.1 Å². The van der Waals surface area contributed by atoms with Crippen LogP contribution in [-0.2, 0) is 0 Å². The minimum atomic E-state index is 1.10. The maximum absolute atomic E-state index is 2.42. The SMILES string of the molecule is c1ccc(N(c2ccccc2)c2cc3ccccc3c3cc(-c4ccc5cc(N(c6ccccc6)c6cccc7c8ccccc8n(-c8ccccc8)c67)ccc5c4)ccc23)cc1. The average Bonchev–Trinajstić information content (AvgIpc) is 3.70. The number of nitrogens with zero attached hydrogens (tertiary/aromatic N) is 3. The minimum absolute atomic E-state index is 1.10. The number of para-hydroxylation sites is 6. The second-order valence-corrected chi connectivity index (χ2v) is 16.2. The Balaban J connectivity index is 0.994. The van der Waals surface area contributed by atoms with Crippen LogP contribution in [-0.4, -0.2) is 4.57 Å². The second kappa shape index (κ2) is 15.3. The van der Waals surface area contributed by atoms with Crippen molar-refractivity contribution in [2.45, 2.75) is 0 Å². The molecule has 0 saturated heterocycles. The fourth-order valence-electron chi connectivity index (χ4n) is 9.61. The standard InChI is InChI=1S/C60H41N3/c1-5-19-47(20-6-1)61(48-21-7-2-8-22-48)59-41-46-18-13-14-27-52(46)56-40-45(35-37-54(56)59)42-32-33-44-39-51(36-34-43(44)38-42)62(49-23-9-3-10-24-49)58-31-17-29-55-53-28-15-16-30-57(53)63(60(55)58)50-25-11-4-12-26-50/h1-41H. The van der Waals surface area contributed by atoms with Crippen molar-refractivity contribution in [2.75, 3.05) is 9.80 Å². The van der Waals surface area contributed by atoms with Gasteiger partial charge in [-0.3, -0.25) is 0 Å². The van der Waals surface area contributed by atoms with E-state index in [1.165, 1.54) is 65.3 Å². The molecule has 3 heteroatoms. The second-order valence-electron chi connectivity index (χ2n) is 16.2. The van der Waals surface area contributed by atoms with Crippen LogP contribution in [0.1, 0.15) is 0 Å². The number of aromatic nitrogens is 1. The summed E-state index contributed by atoms with van der Waals surface area (Å²) < 4.78 is 2.42. The van der Waals surface area contributed by atoms with Crippen LogP contribution < -0.4 is 9.80 Å². The van der Waals surface area contributed by atoms with Gasteiger partial charge in [-0.15, -0.1) is 0 Å². The van der Waals surface area contributed by atoms with E-state index in [9.17, 15) is 0 Å². The molecule has 296 valence electrons. The van der Waals surface area contributed by atoms with Crippen LogP contribution in [0.2, 0.25) is 0 Å². The van der Waals surface area contributed by atoms with Gasteiger partial charge in [-0.05, 0) is 129 Å². The number of fused-ring (bicyclic) bond motifs is 7. The van der Waals surface area contributed by atoms with Crippen molar-refractivity contribution >= 4 is 88.2 Å². The molecule has 12 rings (SSSR count). The molecule has 0 aliphatic heterocycles. The first-order valence-electron chi connectivity index (χ1n) is 21.6. The zero-order valence-electron chi connectivity index (χ0n) is 34.5. The van der Waals surface area contributed by atoms with Crippen molar-refractivity contribution in [3.8, 4) is 16.8 Å². The summed E-state index contributed by atoms with van der Waals surface area (Å²) in [5.41, 5.74) is 12.6. The number of benzene rings is 11. The molecule has 0 aliphatic carbocycles. The zero-order valence-corrected chi connectivity index (χ0v) is 34.5. The van der Waals surface area contributed by atoms with E-state index in [0.29, 0.717) is 0 Å². The Morgan fingerprint density at radius 2 is 0.810 bits per heavy atom. The normalized spacial score (nSPS) is 11.5. The van der Waals surface area contributed by atoms with Crippen LogP contribution >= 0.6 is 0 Å². The molecular formula is C60H41N3. The molecule has 0 unspecified atom stereocenters. The Morgan fingerprint density at radius 1 is 0.270 bits per heavy atom. The van der Waals surface area contributed by atoms with Crippen LogP contribution in [0.15, 0.2) is 249 Å². The largest absolute Gasteiger partial charge is 0.310 e. The lowest BCUT2D eigenvalue weighted by Crippen LogP contribution is -2.11. The Hall–Kier alpha value is -8.40. The summed E-state index contributed by atoms with van der Waals surface area (Å²) in [5.74, 6) is 0. The molecule has 63 heavy (non-hydrogen) atoms. The molecule has 0 aliphatic rings. The van der Waals surface area contributed by atoms with Gasteiger partial charge in [0, 0.05) is 44.6 Å². The molecule has 0 bridgehead atoms. The smallest absolute Gasteiger partial charge is 0.0782 e. The monoisotopic (exact) mass is 803 g/mol. The van der Waals surface area contributed by atoms with Crippen LogP contribution in [0.3, 0.4) is 0 Å². The van der Waals surface area contributed by atoms with E-state index < -0.39 is 0 Å². The average molecular weight is 804 g/mol. The van der Waals surface area contributed by atoms with E-state index in [-0.39, 0.29) is 0 Å². The molecule has 11 aromatic carbocycles. The van der Waals surface area contributed by atoms with Crippen LogP contribution in [0.5, 0.6) is 0 Å². The Bertz CT molecular complexity index is 3580. The molecule has 12 aromatic rings. The molecule has 0 radical (unpaired) electrons. The molecule has 1 heterocycles. The summed E-state index contributed by atoms with van der Waals surface area (Å²) in [6, 6.07) is 90.1. The fourth-order valence-corrected chi connectivity index (χ4v) is 9.61. The fraction of sp³-hybridized carbons (Fsp3) is 0. The Labute approximate surface area is 366 Å². The number of hydrogen-bond acceptors (Lipinski definition) is 2. The van der Waals surface area contributed by atoms with Gasteiger partial charge in [0.25, 0.3) is 0 Å². The van der Waals surface area contributed by atoms with Crippen molar-refractivity contribution in [2.24, 2.45) is 0 Å². The molecular weight excluding hydrogens is 763 g/mol. The third kappa shape index (κ3) is 6.29. The van der Waals surface area contributed by atoms with E-state index in [1.807, 2.05) is 0 Å². The van der Waals surface area contributed by atoms with Gasteiger partial charge in [0.15, 0.2) is 0 Å². The molecule has 0 spiro atoms. The first kappa shape index (κ1) is 36.5. The van der Waals surface area contributed by atoms with E-state index in [2.05, 4.69) is 263 Å². The van der Waals surface area contributed by atoms with Gasteiger partial charge >= 0.3 is 0 Å². The van der Waals surface area contributed by atoms with Gasteiger partial charge in [-0.25, -0.2) is 0 Å². The van der Waals surface area contributed by atoms with Gasteiger partial charge in [-0.2, -0.15) is 0 Å². The summed E-state index contributed by atoms with van der Waals surface area (Å²) in [7, 11) is 0. The molecule has 0 saturated carbocycles.